The predicted molar refractivity (Wildman–Crippen MR) is 92.9 cm³/mol. The first-order valence-corrected chi connectivity index (χ1v) is 8.68. The highest BCUT2D eigenvalue weighted by atomic mass is 16.6. The number of aryl methyl sites for hydroxylation is 1. The fourth-order valence-corrected chi connectivity index (χ4v) is 4.14. The first-order chi connectivity index (χ1) is 12.0. The van der Waals surface area contributed by atoms with Crippen molar-refractivity contribution in [1.29, 1.82) is 0 Å². The van der Waals surface area contributed by atoms with Gasteiger partial charge in [-0.15, -0.1) is 0 Å². The quantitative estimate of drug-likeness (QED) is 0.674. The zero-order valence-electron chi connectivity index (χ0n) is 14.6. The summed E-state index contributed by atoms with van der Waals surface area (Å²) in [5.74, 6) is 1.49. The van der Waals surface area contributed by atoms with Gasteiger partial charge in [-0.2, -0.15) is 0 Å². The molecule has 0 spiro atoms. The number of ether oxygens (including phenoxy) is 3. The van der Waals surface area contributed by atoms with Crippen LogP contribution in [-0.2, 0) is 17.6 Å². The van der Waals surface area contributed by atoms with Crippen molar-refractivity contribution >= 4 is 5.78 Å². The molecule has 1 saturated heterocycles. The van der Waals surface area contributed by atoms with Gasteiger partial charge in [-0.3, -0.25) is 4.79 Å². The topological polar surface area (TPSA) is 48.1 Å². The Morgan fingerprint density at radius 3 is 2.76 bits per heavy atom. The molecular formula is C21H20O4. The molecule has 5 rings (SSSR count). The molecule has 0 saturated carbocycles. The Labute approximate surface area is 146 Å². The zero-order chi connectivity index (χ0) is 17.3. The van der Waals surface area contributed by atoms with Crippen molar-refractivity contribution in [1.82, 2.24) is 0 Å². The van der Waals surface area contributed by atoms with Gasteiger partial charge < -0.3 is 14.2 Å². The predicted octanol–water partition coefficient (Wildman–Crippen LogP) is 3.23. The molecule has 0 aromatic heterocycles. The number of ketones is 1. The third-order valence-corrected chi connectivity index (χ3v) is 5.87. The average molecular weight is 336 g/mol. The number of benzene rings is 2. The van der Waals surface area contributed by atoms with Crippen LogP contribution in [0.4, 0.5) is 0 Å². The lowest BCUT2D eigenvalue weighted by atomic mass is 9.79. The Bertz CT molecular complexity index is 924. The summed E-state index contributed by atoms with van der Waals surface area (Å²) in [4.78, 5) is 13.2. The number of fused-ring (bicyclic) bond motifs is 4. The normalized spacial score (nSPS) is 25.7. The van der Waals surface area contributed by atoms with E-state index in [1.807, 2.05) is 18.2 Å². The van der Waals surface area contributed by atoms with Gasteiger partial charge in [0.15, 0.2) is 5.78 Å². The lowest BCUT2D eigenvalue weighted by Gasteiger charge is -2.24. The third kappa shape index (κ3) is 2.00. The molecule has 1 aliphatic carbocycles. The maximum absolute atomic E-state index is 13.2. The Morgan fingerprint density at radius 2 is 2.04 bits per heavy atom. The highest BCUT2D eigenvalue weighted by molar-refractivity contribution is 6.14. The van der Waals surface area contributed by atoms with Crippen LogP contribution in [0.3, 0.4) is 0 Å². The van der Waals surface area contributed by atoms with E-state index >= 15 is 0 Å². The second kappa shape index (κ2) is 4.85. The number of hydrogen-bond acceptors (Lipinski definition) is 4. The summed E-state index contributed by atoms with van der Waals surface area (Å²) in [5, 5.41) is 0. The highest BCUT2D eigenvalue weighted by Crippen LogP contribution is 2.47. The van der Waals surface area contributed by atoms with Crippen molar-refractivity contribution in [2.24, 2.45) is 0 Å². The van der Waals surface area contributed by atoms with Gasteiger partial charge in [0.05, 0.1) is 19.3 Å². The maximum atomic E-state index is 13.2. The van der Waals surface area contributed by atoms with Crippen LogP contribution in [-0.4, -0.2) is 31.2 Å². The summed E-state index contributed by atoms with van der Waals surface area (Å²) in [7, 11) is 1.61. The SMILES string of the molecule is COc1cc2c(c3c1C(=O)c1cccc(C)c1C3)C[C@H]([C@@]1(C)CO1)O2. The molecule has 0 amide bonds. The fraction of sp³-hybridized carbons (Fsp3) is 0.381. The molecule has 0 bridgehead atoms. The van der Waals surface area contributed by atoms with Crippen molar-refractivity contribution in [3.63, 3.8) is 0 Å². The molecule has 128 valence electrons. The molecule has 25 heavy (non-hydrogen) atoms. The fourth-order valence-electron chi connectivity index (χ4n) is 4.14. The molecule has 2 aliphatic heterocycles. The van der Waals surface area contributed by atoms with Gasteiger partial charge in [-0.1, -0.05) is 18.2 Å². The third-order valence-electron chi connectivity index (χ3n) is 5.87. The van der Waals surface area contributed by atoms with E-state index in [1.54, 1.807) is 7.11 Å². The van der Waals surface area contributed by atoms with Gasteiger partial charge in [0, 0.05) is 23.6 Å². The van der Waals surface area contributed by atoms with E-state index in [2.05, 4.69) is 19.9 Å². The van der Waals surface area contributed by atoms with Crippen molar-refractivity contribution in [2.45, 2.75) is 38.4 Å². The van der Waals surface area contributed by atoms with Gasteiger partial charge in [0.2, 0.25) is 0 Å². The van der Waals surface area contributed by atoms with E-state index < -0.39 is 0 Å². The van der Waals surface area contributed by atoms with Crippen molar-refractivity contribution < 1.29 is 19.0 Å². The average Bonchev–Trinajstić information content (AvgIpc) is 3.20. The summed E-state index contributed by atoms with van der Waals surface area (Å²) in [6.07, 6.45) is 1.54. The van der Waals surface area contributed by atoms with E-state index in [0.29, 0.717) is 11.3 Å². The van der Waals surface area contributed by atoms with E-state index in [1.165, 1.54) is 0 Å². The first kappa shape index (κ1) is 15.0. The van der Waals surface area contributed by atoms with E-state index in [0.717, 1.165) is 53.0 Å². The van der Waals surface area contributed by atoms with Crippen molar-refractivity contribution in [3.05, 3.63) is 57.6 Å². The first-order valence-electron chi connectivity index (χ1n) is 8.68. The number of hydrogen-bond donors (Lipinski definition) is 0. The molecule has 2 atom stereocenters. The molecule has 2 heterocycles. The van der Waals surface area contributed by atoms with Crippen LogP contribution in [0.2, 0.25) is 0 Å². The van der Waals surface area contributed by atoms with Crippen molar-refractivity contribution in [2.75, 3.05) is 13.7 Å². The summed E-state index contributed by atoms with van der Waals surface area (Å²) < 4.78 is 17.3. The Kier molecular flexibility index (Phi) is 2.91. The van der Waals surface area contributed by atoms with Crippen LogP contribution in [0, 0.1) is 6.92 Å². The van der Waals surface area contributed by atoms with Gasteiger partial charge in [-0.05, 0) is 37.0 Å². The van der Waals surface area contributed by atoms with E-state index in [-0.39, 0.29) is 17.5 Å². The van der Waals surface area contributed by atoms with Crippen LogP contribution in [0.25, 0.3) is 0 Å². The van der Waals surface area contributed by atoms with Crippen LogP contribution in [0.1, 0.15) is 45.1 Å². The van der Waals surface area contributed by atoms with Gasteiger partial charge in [-0.25, -0.2) is 0 Å². The molecule has 4 heteroatoms. The summed E-state index contributed by atoms with van der Waals surface area (Å²) in [6, 6.07) is 7.80. The van der Waals surface area contributed by atoms with Crippen LogP contribution in [0.15, 0.2) is 24.3 Å². The molecule has 4 nitrogen and oxygen atoms in total. The summed E-state index contributed by atoms with van der Waals surface area (Å²) >= 11 is 0. The molecule has 0 N–H and O–H groups in total. The minimum Gasteiger partial charge on any atom is -0.496 e. The van der Waals surface area contributed by atoms with E-state index in [4.69, 9.17) is 14.2 Å². The standard InChI is InChI=1S/C21H20O4/c1-11-5-4-6-12-13(11)7-15-14-8-18(21(2)10-24-21)25-16(14)9-17(23-3)19(15)20(12)22/h4-6,9,18H,7-8,10H2,1-3H3/t18-,21-/m1/s1. The number of rotatable bonds is 2. The molecule has 2 aromatic carbocycles. The smallest absolute Gasteiger partial charge is 0.197 e. The van der Waals surface area contributed by atoms with Gasteiger partial charge in [0.25, 0.3) is 0 Å². The zero-order valence-corrected chi connectivity index (χ0v) is 14.6. The molecule has 3 aliphatic rings. The van der Waals surface area contributed by atoms with Gasteiger partial charge in [0.1, 0.15) is 23.2 Å². The molecular weight excluding hydrogens is 316 g/mol. The lowest BCUT2D eigenvalue weighted by Crippen LogP contribution is -2.30. The van der Waals surface area contributed by atoms with Gasteiger partial charge >= 0.3 is 0 Å². The Morgan fingerprint density at radius 1 is 1.24 bits per heavy atom. The molecule has 2 aromatic rings. The number of carbonyl (C=O) groups excluding carboxylic acids is 1. The van der Waals surface area contributed by atoms with Crippen LogP contribution < -0.4 is 9.47 Å². The molecule has 0 unspecified atom stereocenters. The second-order valence-corrected chi connectivity index (χ2v) is 7.43. The minimum absolute atomic E-state index is 0.00655. The Balaban J connectivity index is 1.69. The minimum atomic E-state index is -0.203. The largest absolute Gasteiger partial charge is 0.496 e. The molecule has 0 radical (unpaired) electrons. The second-order valence-electron chi connectivity index (χ2n) is 7.43. The van der Waals surface area contributed by atoms with Crippen LogP contribution in [0.5, 0.6) is 11.5 Å². The number of methoxy groups -OCH3 is 1. The highest BCUT2D eigenvalue weighted by Gasteiger charge is 2.52. The Hall–Kier alpha value is -2.33. The monoisotopic (exact) mass is 336 g/mol. The van der Waals surface area contributed by atoms with Crippen LogP contribution >= 0.6 is 0 Å². The molecule has 1 fully saturated rings. The summed E-state index contributed by atoms with van der Waals surface area (Å²) in [6.45, 7) is 4.87. The summed E-state index contributed by atoms with van der Waals surface area (Å²) in [5.41, 5.74) is 5.76. The number of carbonyl (C=O) groups is 1. The lowest BCUT2D eigenvalue weighted by molar-refractivity contribution is 0.103. The van der Waals surface area contributed by atoms with E-state index in [9.17, 15) is 4.79 Å². The van der Waals surface area contributed by atoms with Crippen molar-refractivity contribution in [3.8, 4) is 11.5 Å². The number of epoxide rings is 1. The maximum Gasteiger partial charge on any atom is 0.197 e.